The largest absolute Gasteiger partial charge is 0.421 e. The average molecular weight is 231 g/mol. The molecule has 0 amide bonds. The van der Waals surface area contributed by atoms with Crippen molar-refractivity contribution >= 4 is 5.69 Å². The number of alkyl halides is 3. The Balaban J connectivity index is 2.61. The van der Waals surface area contributed by atoms with Gasteiger partial charge in [0, 0.05) is 24.2 Å². The molecule has 0 spiro atoms. The Morgan fingerprint density at radius 2 is 2.06 bits per heavy atom. The van der Waals surface area contributed by atoms with Crippen LogP contribution in [0.25, 0.3) is 0 Å². The van der Waals surface area contributed by atoms with Crippen molar-refractivity contribution in [3.63, 3.8) is 0 Å². The molecule has 1 aromatic carbocycles. The summed E-state index contributed by atoms with van der Waals surface area (Å²) in [5.74, 6) is 0. The molecule has 1 aromatic rings. The summed E-state index contributed by atoms with van der Waals surface area (Å²) in [5.41, 5.74) is -1.70. The summed E-state index contributed by atoms with van der Waals surface area (Å²) in [6.45, 7) is 1.84. The Kier molecular flexibility index (Phi) is 2.38. The lowest BCUT2D eigenvalue weighted by atomic mass is 9.84. The molecule has 2 nitrogen and oxygen atoms in total. The average Bonchev–Trinajstić information content (AvgIpc) is 2.18. The van der Waals surface area contributed by atoms with E-state index in [0.717, 1.165) is 0 Å². The molecule has 5 heteroatoms. The Bertz CT molecular complexity index is 416. The molecular weight excluding hydrogens is 219 g/mol. The number of benzene rings is 1. The first-order valence-electron chi connectivity index (χ1n) is 4.99. The number of anilines is 1. The highest BCUT2D eigenvalue weighted by atomic mass is 19.4. The lowest BCUT2D eigenvalue weighted by molar-refractivity contribution is -0.268. The molecule has 1 unspecified atom stereocenters. The first kappa shape index (κ1) is 11.3. The molecule has 0 bridgehead atoms. The third-order valence-electron chi connectivity index (χ3n) is 2.98. The zero-order valence-corrected chi connectivity index (χ0v) is 8.73. The summed E-state index contributed by atoms with van der Waals surface area (Å²) in [6, 6.07) is 4.56. The zero-order valence-electron chi connectivity index (χ0n) is 8.73. The molecule has 16 heavy (non-hydrogen) atoms. The van der Waals surface area contributed by atoms with Crippen LogP contribution in [0.15, 0.2) is 18.2 Å². The van der Waals surface area contributed by atoms with Crippen LogP contribution in [-0.2, 0) is 5.60 Å². The van der Waals surface area contributed by atoms with Crippen molar-refractivity contribution in [2.75, 3.05) is 11.9 Å². The molecule has 1 atom stereocenters. The molecule has 1 aliphatic rings. The third-order valence-corrected chi connectivity index (χ3v) is 2.98. The number of aliphatic hydroxyl groups is 1. The van der Waals surface area contributed by atoms with Gasteiger partial charge in [-0.1, -0.05) is 18.2 Å². The van der Waals surface area contributed by atoms with Gasteiger partial charge in [-0.15, -0.1) is 0 Å². The van der Waals surface area contributed by atoms with Gasteiger partial charge in [0.1, 0.15) is 0 Å². The lowest BCUT2D eigenvalue weighted by Gasteiger charge is -2.37. The maximum Gasteiger partial charge on any atom is 0.421 e. The predicted octanol–water partition coefficient (Wildman–Crippen LogP) is 2.56. The molecule has 1 heterocycles. The monoisotopic (exact) mass is 231 g/mol. The van der Waals surface area contributed by atoms with Gasteiger partial charge in [0.25, 0.3) is 0 Å². The first-order chi connectivity index (χ1) is 7.36. The fourth-order valence-corrected chi connectivity index (χ4v) is 2.04. The quantitative estimate of drug-likeness (QED) is 0.719. The van der Waals surface area contributed by atoms with Crippen LogP contribution in [-0.4, -0.2) is 17.8 Å². The van der Waals surface area contributed by atoms with Gasteiger partial charge in [-0.25, -0.2) is 0 Å². The van der Waals surface area contributed by atoms with Crippen molar-refractivity contribution in [3.8, 4) is 0 Å². The van der Waals surface area contributed by atoms with Crippen LogP contribution >= 0.6 is 0 Å². The van der Waals surface area contributed by atoms with Gasteiger partial charge in [0.05, 0.1) is 0 Å². The van der Waals surface area contributed by atoms with Crippen molar-refractivity contribution in [2.45, 2.75) is 25.1 Å². The van der Waals surface area contributed by atoms with Crippen molar-refractivity contribution in [1.82, 2.24) is 0 Å². The molecule has 0 saturated heterocycles. The number of halogens is 3. The number of aryl methyl sites for hydroxylation is 1. The lowest BCUT2D eigenvalue weighted by Crippen LogP contribution is -2.46. The van der Waals surface area contributed by atoms with E-state index < -0.39 is 11.8 Å². The van der Waals surface area contributed by atoms with Crippen LogP contribution in [0.4, 0.5) is 18.9 Å². The number of rotatable bonds is 0. The van der Waals surface area contributed by atoms with Gasteiger partial charge >= 0.3 is 6.18 Å². The summed E-state index contributed by atoms with van der Waals surface area (Å²) in [5, 5.41) is 12.7. The van der Waals surface area contributed by atoms with Gasteiger partial charge < -0.3 is 10.4 Å². The van der Waals surface area contributed by atoms with Crippen LogP contribution in [0.1, 0.15) is 17.5 Å². The number of para-hydroxylation sites is 1. The van der Waals surface area contributed by atoms with Gasteiger partial charge in [0.15, 0.2) is 5.60 Å². The topological polar surface area (TPSA) is 32.3 Å². The van der Waals surface area contributed by atoms with Crippen molar-refractivity contribution in [2.24, 2.45) is 0 Å². The van der Waals surface area contributed by atoms with Crippen molar-refractivity contribution in [3.05, 3.63) is 29.3 Å². The van der Waals surface area contributed by atoms with E-state index in [4.69, 9.17) is 0 Å². The second-order valence-corrected chi connectivity index (χ2v) is 4.03. The van der Waals surface area contributed by atoms with Gasteiger partial charge in [-0.2, -0.15) is 13.2 Å². The second-order valence-electron chi connectivity index (χ2n) is 4.03. The van der Waals surface area contributed by atoms with E-state index in [-0.39, 0.29) is 18.5 Å². The molecule has 0 aliphatic carbocycles. The molecule has 2 rings (SSSR count). The van der Waals surface area contributed by atoms with Gasteiger partial charge in [-0.05, 0) is 12.5 Å². The number of hydrogen-bond acceptors (Lipinski definition) is 2. The Morgan fingerprint density at radius 1 is 1.38 bits per heavy atom. The standard InChI is InChI=1S/C11H12F3NO/c1-7-3-2-4-8-9(7)15-6-5-10(8,16)11(12,13)14/h2-4,15-16H,5-6H2,1H3. The molecule has 0 radical (unpaired) electrons. The van der Waals surface area contributed by atoms with E-state index >= 15 is 0 Å². The van der Waals surface area contributed by atoms with Crippen LogP contribution in [0.2, 0.25) is 0 Å². The van der Waals surface area contributed by atoms with Gasteiger partial charge in [-0.3, -0.25) is 0 Å². The molecule has 88 valence electrons. The Morgan fingerprint density at radius 3 is 2.69 bits per heavy atom. The summed E-state index contributed by atoms with van der Waals surface area (Å²) in [7, 11) is 0. The molecular formula is C11H12F3NO. The smallest absolute Gasteiger partial charge is 0.384 e. The van der Waals surface area contributed by atoms with Crippen LogP contribution in [0, 0.1) is 6.92 Å². The summed E-state index contributed by atoms with van der Waals surface area (Å²) >= 11 is 0. The van der Waals surface area contributed by atoms with Crippen LogP contribution < -0.4 is 5.32 Å². The fourth-order valence-electron chi connectivity index (χ4n) is 2.04. The zero-order chi connectivity index (χ0) is 12.0. The number of hydrogen-bond donors (Lipinski definition) is 2. The maximum atomic E-state index is 12.9. The number of nitrogens with one attached hydrogen (secondary N) is 1. The first-order valence-corrected chi connectivity index (χ1v) is 4.99. The summed E-state index contributed by atoms with van der Waals surface area (Å²) in [4.78, 5) is 0. The highest BCUT2D eigenvalue weighted by Crippen LogP contribution is 2.47. The second kappa shape index (κ2) is 3.38. The molecule has 2 N–H and O–H groups in total. The van der Waals surface area contributed by atoms with E-state index in [2.05, 4.69) is 5.32 Å². The SMILES string of the molecule is Cc1cccc2c1NCCC2(O)C(F)(F)F. The Labute approximate surface area is 91.1 Å². The normalized spacial score (nSPS) is 24.8. The molecule has 0 aromatic heterocycles. The Hall–Kier alpha value is -1.23. The number of fused-ring (bicyclic) bond motifs is 1. The predicted molar refractivity (Wildman–Crippen MR) is 54.2 cm³/mol. The van der Waals surface area contributed by atoms with E-state index in [1.54, 1.807) is 13.0 Å². The summed E-state index contributed by atoms with van der Waals surface area (Å²) in [6.07, 6.45) is -5.00. The van der Waals surface area contributed by atoms with Crippen molar-refractivity contribution in [1.29, 1.82) is 0 Å². The molecule has 0 saturated carbocycles. The van der Waals surface area contributed by atoms with Gasteiger partial charge in [0.2, 0.25) is 0 Å². The van der Waals surface area contributed by atoms with E-state index in [9.17, 15) is 18.3 Å². The van der Waals surface area contributed by atoms with E-state index in [1.165, 1.54) is 12.1 Å². The summed E-state index contributed by atoms with van der Waals surface area (Å²) < 4.78 is 38.6. The molecule has 0 fully saturated rings. The van der Waals surface area contributed by atoms with Crippen LogP contribution in [0.3, 0.4) is 0 Å². The fraction of sp³-hybridized carbons (Fsp3) is 0.455. The minimum atomic E-state index is -4.64. The maximum absolute atomic E-state index is 12.9. The minimum absolute atomic E-state index is 0.0775. The minimum Gasteiger partial charge on any atom is -0.384 e. The highest BCUT2D eigenvalue weighted by molar-refractivity contribution is 5.61. The van der Waals surface area contributed by atoms with Crippen molar-refractivity contribution < 1.29 is 18.3 Å². The van der Waals surface area contributed by atoms with E-state index in [0.29, 0.717) is 11.3 Å². The molecule has 1 aliphatic heterocycles. The third kappa shape index (κ3) is 1.46. The van der Waals surface area contributed by atoms with E-state index in [1.807, 2.05) is 0 Å². The van der Waals surface area contributed by atoms with Crippen LogP contribution in [0.5, 0.6) is 0 Å². The highest BCUT2D eigenvalue weighted by Gasteiger charge is 2.56.